The minimum absolute atomic E-state index is 0.193. The lowest BCUT2D eigenvalue weighted by atomic mass is 10.2. The summed E-state index contributed by atoms with van der Waals surface area (Å²) in [5, 5.41) is 6.24. The van der Waals surface area contributed by atoms with E-state index in [9.17, 15) is 9.59 Å². The van der Waals surface area contributed by atoms with E-state index in [1.807, 2.05) is 19.9 Å². The molecule has 0 radical (unpaired) electrons. The van der Waals surface area contributed by atoms with Gasteiger partial charge in [0, 0.05) is 0 Å². The van der Waals surface area contributed by atoms with E-state index in [1.165, 1.54) is 0 Å². The molecule has 0 fully saturated rings. The second-order valence-corrected chi connectivity index (χ2v) is 4.30. The van der Waals surface area contributed by atoms with Crippen LogP contribution in [0.25, 0.3) is 0 Å². The van der Waals surface area contributed by atoms with Crippen molar-refractivity contribution in [2.24, 2.45) is 16.1 Å². The maximum absolute atomic E-state index is 11.3. The predicted molar refractivity (Wildman–Crippen MR) is 68.2 cm³/mol. The third kappa shape index (κ3) is 5.76. The molecule has 19 heavy (non-hydrogen) atoms. The third-order valence-corrected chi connectivity index (χ3v) is 2.04. The summed E-state index contributed by atoms with van der Waals surface area (Å²) in [5.41, 5.74) is 0.786. The van der Waals surface area contributed by atoms with Crippen molar-refractivity contribution >= 4 is 12.2 Å². The summed E-state index contributed by atoms with van der Waals surface area (Å²) in [6.45, 7) is 5.79. The normalized spacial score (nSPS) is 10.7. The fourth-order valence-electron chi connectivity index (χ4n) is 1.13. The van der Waals surface area contributed by atoms with Crippen molar-refractivity contribution in [1.82, 2.24) is 0 Å². The van der Waals surface area contributed by atoms with E-state index in [2.05, 4.69) is 10.2 Å². The van der Waals surface area contributed by atoms with E-state index >= 15 is 0 Å². The molecular weight excluding hydrogens is 248 g/mol. The Labute approximate surface area is 111 Å². The van der Waals surface area contributed by atoms with Crippen LogP contribution in [-0.2, 0) is 4.74 Å². The van der Waals surface area contributed by atoms with Gasteiger partial charge in [-0.2, -0.15) is 0 Å². The first-order valence-electron chi connectivity index (χ1n) is 5.85. The number of amides is 2. The van der Waals surface area contributed by atoms with Crippen LogP contribution in [0, 0.1) is 12.8 Å². The van der Waals surface area contributed by atoms with Gasteiger partial charge in [-0.05, 0) is 24.5 Å². The highest BCUT2D eigenvalue weighted by Gasteiger charge is 2.07. The Morgan fingerprint density at radius 3 is 2.42 bits per heavy atom. The second-order valence-electron chi connectivity index (χ2n) is 4.30. The molecule has 6 nitrogen and oxygen atoms in total. The fourth-order valence-corrected chi connectivity index (χ4v) is 1.13. The highest BCUT2D eigenvalue weighted by Crippen LogP contribution is 2.16. The van der Waals surface area contributed by atoms with Gasteiger partial charge in [-0.1, -0.05) is 42.3 Å². The Bertz CT molecular complexity index is 483. The van der Waals surface area contributed by atoms with Crippen molar-refractivity contribution < 1.29 is 19.1 Å². The van der Waals surface area contributed by atoms with Crippen LogP contribution in [0.2, 0.25) is 0 Å². The standard InChI is InChI=1S/C13H16N2O4/c1-9(2)8-18-12(16)14-15-13(17)19-11-7-5-4-6-10(11)3/h4-7,9H,8H2,1-3H3/b15-14+. The van der Waals surface area contributed by atoms with Gasteiger partial charge in [0.05, 0.1) is 6.61 Å². The summed E-state index contributed by atoms with van der Waals surface area (Å²) in [6, 6.07) is 6.96. The van der Waals surface area contributed by atoms with Crippen LogP contribution in [0.15, 0.2) is 34.5 Å². The molecule has 102 valence electrons. The SMILES string of the molecule is Cc1ccccc1OC(=O)/N=N/C(=O)OCC(C)C. The number of para-hydroxylation sites is 1. The predicted octanol–water partition coefficient (Wildman–Crippen LogP) is 3.74. The number of nitrogens with zero attached hydrogens (tertiary/aromatic N) is 2. The van der Waals surface area contributed by atoms with Gasteiger partial charge in [0.15, 0.2) is 0 Å². The molecule has 1 aromatic rings. The largest absolute Gasteiger partial charge is 0.458 e. The molecule has 0 heterocycles. The van der Waals surface area contributed by atoms with Gasteiger partial charge in [-0.15, -0.1) is 0 Å². The van der Waals surface area contributed by atoms with E-state index < -0.39 is 12.2 Å². The Hall–Kier alpha value is -2.24. The highest BCUT2D eigenvalue weighted by molar-refractivity contribution is 5.74. The van der Waals surface area contributed by atoms with Crippen molar-refractivity contribution in [3.63, 3.8) is 0 Å². The van der Waals surface area contributed by atoms with E-state index in [-0.39, 0.29) is 12.5 Å². The molecule has 0 atom stereocenters. The first-order valence-corrected chi connectivity index (χ1v) is 5.85. The van der Waals surface area contributed by atoms with Crippen LogP contribution in [0.5, 0.6) is 5.75 Å². The molecule has 6 heteroatoms. The number of carbonyl (C=O) groups is 2. The summed E-state index contributed by atoms with van der Waals surface area (Å²) < 4.78 is 9.63. The van der Waals surface area contributed by atoms with Gasteiger partial charge >= 0.3 is 12.2 Å². The maximum atomic E-state index is 11.3. The average Bonchev–Trinajstić information content (AvgIpc) is 2.36. The van der Waals surface area contributed by atoms with Crippen molar-refractivity contribution in [2.45, 2.75) is 20.8 Å². The van der Waals surface area contributed by atoms with Gasteiger partial charge < -0.3 is 9.47 Å². The van der Waals surface area contributed by atoms with Crippen LogP contribution in [0.3, 0.4) is 0 Å². The first kappa shape index (κ1) is 14.8. The van der Waals surface area contributed by atoms with Crippen molar-refractivity contribution in [2.75, 3.05) is 6.61 Å². The molecule has 0 spiro atoms. The summed E-state index contributed by atoms with van der Waals surface area (Å²) in [7, 11) is 0. The second kappa shape index (κ2) is 7.25. The molecule has 1 rings (SSSR count). The van der Waals surface area contributed by atoms with Gasteiger partial charge in [-0.25, -0.2) is 9.59 Å². The molecular formula is C13H16N2O4. The molecule has 0 unspecified atom stereocenters. The maximum Gasteiger partial charge on any atom is 0.458 e. The van der Waals surface area contributed by atoms with Crippen LogP contribution >= 0.6 is 0 Å². The lowest BCUT2D eigenvalue weighted by Gasteiger charge is -2.03. The molecule has 1 aromatic carbocycles. The zero-order chi connectivity index (χ0) is 14.3. The molecule has 0 aliphatic heterocycles. The minimum atomic E-state index is -0.962. The molecule has 0 bridgehead atoms. The molecule has 0 aliphatic rings. The number of hydrogen-bond acceptors (Lipinski definition) is 4. The van der Waals surface area contributed by atoms with Gasteiger partial charge in [0.2, 0.25) is 0 Å². The first-order chi connectivity index (χ1) is 8.99. The number of carbonyl (C=O) groups excluding carboxylic acids is 2. The summed E-state index contributed by atoms with van der Waals surface area (Å²) in [6.07, 6.45) is -1.87. The molecule has 0 aromatic heterocycles. The van der Waals surface area contributed by atoms with Crippen LogP contribution in [0.1, 0.15) is 19.4 Å². The van der Waals surface area contributed by atoms with Gasteiger partial charge in [-0.3, -0.25) is 0 Å². The number of ether oxygens (including phenoxy) is 2. The molecule has 0 saturated heterocycles. The van der Waals surface area contributed by atoms with Crippen molar-refractivity contribution in [3.8, 4) is 5.75 Å². The van der Waals surface area contributed by atoms with E-state index in [0.29, 0.717) is 5.75 Å². The Balaban J connectivity index is 2.47. The quantitative estimate of drug-likeness (QED) is 0.779. The third-order valence-electron chi connectivity index (χ3n) is 2.04. The highest BCUT2D eigenvalue weighted by atomic mass is 16.6. The monoisotopic (exact) mass is 264 g/mol. The molecule has 0 saturated carbocycles. The smallest absolute Gasteiger partial charge is 0.447 e. The van der Waals surface area contributed by atoms with Crippen molar-refractivity contribution in [3.05, 3.63) is 29.8 Å². The van der Waals surface area contributed by atoms with Crippen LogP contribution in [0.4, 0.5) is 9.59 Å². The summed E-state index contributed by atoms with van der Waals surface area (Å²) in [4.78, 5) is 22.4. The van der Waals surface area contributed by atoms with Crippen molar-refractivity contribution in [1.29, 1.82) is 0 Å². The molecule has 0 aliphatic carbocycles. The number of azo groups is 1. The Kier molecular flexibility index (Phi) is 5.66. The number of aryl methyl sites for hydroxylation is 1. The van der Waals surface area contributed by atoms with Gasteiger partial charge in [0.1, 0.15) is 5.75 Å². The minimum Gasteiger partial charge on any atom is -0.447 e. The van der Waals surface area contributed by atoms with E-state index in [0.717, 1.165) is 5.56 Å². The molecule has 0 N–H and O–H groups in total. The average molecular weight is 264 g/mol. The van der Waals surface area contributed by atoms with Crippen LogP contribution in [-0.4, -0.2) is 18.8 Å². The summed E-state index contributed by atoms with van der Waals surface area (Å²) >= 11 is 0. The topological polar surface area (TPSA) is 77.3 Å². The number of benzene rings is 1. The number of hydrogen-bond donors (Lipinski definition) is 0. The number of rotatable bonds is 3. The fraction of sp³-hybridized carbons (Fsp3) is 0.385. The molecule has 2 amide bonds. The Morgan fingerprint density at radius 2 is 1.79 bits per heavy atom. The Morgan fingerprint density at radius 1 is 1.16 bits per heavy atom. The lowest BCUT2D eigenvalue weighted by molar-refractivity contribution is 0.141. The zero-order valence-electron chi connectivity index (χ0n) is 11.1. The summed E-state index contributed by atoms with van der Waals surface area (Å²) in [5.74, 6) is 0.570. The van der Waals surface area contributed by atoms with E-state index in [1.54, 1.807) is 25.1 Å². The van der Waals surface area contributed by atoms with Crippen LogP contribution < -0.4 is 4.74 Å². The lowest BCUT2D eigenvalue weighted by Crippen LogP contribution is -2.07. The van der Waals surface area contributed by atoms with Gasteiger partial charge in [0.25, 0.3) is 0 Å². The zero-order valence-corrected chi connectivity index (χ0v) is 11.1. The van der Waals surface area contributed by atoms with E-state index in [4.69, 9.17) is 9.47 Å².